The lowest BCUT2D eigenvalue weighted by molar-refractivity contribution is -0.142. The Kier molecular flexibility index (Phi) is 5.19. The summed E-state index contributed by atoms with van der Waals surface area (Å²) in [6.45, 7) is 1.78. The number of aromatic nitrogens is 4. The molecule has 0 aromatic carbocycles. The summed E-state index contributed by atoms with van der Waals surface area (Å²) in [6.07, 6.45) is -0.394. The molecule has 8 nitrogen and oxygen atoms in total. The number of alkyl halides is 3. The molecule has 3 rings (SSSR count). The van der Waals surface area contributed by atoms with Crippen LogP contribution >= 0.6 is 0 Å². The van der Waals surface area contributed by atoms with Crippen LogP contribution in [0.3, 0.4) is 0 Å². The van der Waals surface area contributed by atoms with Gasteiger partial charge >= 0.3 is 6.18 Å². The van der Waals surface area contributed by atoms with Gasteiger partial charge in [-0.05, 0) is 13.0 Å². The number of nitrogens with zero attached hydrogens (tertiary/aromatic N) is 5. The Morgan fingerprint density at radius 3 is 2.85 bits per heavy atom. The molecule has 1 atom stereocenters. The minimum Gasteiger partial charge on any atom is -0.350 e. The molecule has 2 aromatic heterocycles. The molecule has 0 spiro atoms. The first kappa shape index (κ1) is 18.9. The largest absolute Gasteiger partial charge is 0.408 e. The summed E-state index contributed by atoms with van der Waals surface area (Å²) >= 11 is 0. The van der Waals surface area contributed by atoms with Gasteiger partial charge in [0.25, 0.3) is 0 Å². The number of aryl methyl sites for hydroxylation is 1. The molecule has 1 aliphatic rings. The van der Waals surface area contributed by atoms with E-state index in [4.69, 9.17) is 0 Å². The zero-order chi connectivity index (χ0) is 19.6. The van der Waals surface area contributed by atoms with Gasteiger partial charge in [-0.25, -0.2) is 0 Å². The van der Waals surface area contributed by atoms with Gasteiger partial charge in [0.2, 0.25) is 11.8 Å². The van der Waals surface area contributed by atoms with Crippen molar-refractivity contribution in [2.24, 2.45) is 5.92 Å². The maximum absolute atomic E-state index is 12.4. The second kappa shape index (κ2) is 7.41. The lowest BCUT2D eigenvalue weighted by atomic mass is 10.1. The van der Waals surface area contributed by atoms with E-state index in [1.165, 1.54) is 11.1 Å². The predicted octanol–water partition coefficient (Wildman–Crippen LogP) is 1.33. The molecule has 3 heterocycles. The van der Waals surface area contributed by atoms with Gasteiger partial charge in [-0.15, -0.1) is 0 Å². The Morgan fingerprint density at radius 2 is 2.15 bits per heavy atom. The highest BCUT2D eigenvalue weighted by atomic mass is 19.4. The van der Waals surface area contributed by atoms with Crippen molar-refractivity contribution in [2.75, 3.05) is 11.4 Å². The fourth-order valence-corrected chi connectivity index (χ4v) is 3.01. The van der Waals surface area contributed by atoms with E-state index >= 15 is 0 Å². The Balaban J connectivity index is 1.59. The summed E-state index contributed by atoms with van der Waals surface area (Å²) in [6, 6.07) is 1.80. The van der Waals surface area contributed by atoms with E-state index in [-0.39, 0.29) is 30.5 Å². The van der Waals surface area contributed by atoms with Crippen LogP contribution in [0.5, 0.6) is 0 Å². The molecule has 1 aliphatic heterocycles. The molecule has 2 aromatic rings. The number of nitrogens with one attached hydrogen (secondary N) is 1. The molecule has 146 valence electrons. The van der Waals surface area contributed by atoms with Crippen molar-refractivity contribution >= 4 is 17.5 Å². The SMILES string of the molecule is CCn1nccc1CNC(=O)C1CC(=O)N(c2cnn(CC(F)(F)F)c2)C1. The van der Waals surface area contributed by atoms with Crippen molar-refractivity contribution in [3.8, 4) is 0 Å². The number of halogens is 3. The Hall–Kier alpha value is -2.85. The van der Waals surface area contributed by atoms with Crippen molar-refractivity contribution in [1.29, 1.82) is 0 Å². The lowest BCUT2D eigenvalue weighted by Crippen LogP contribution is -2.33. The third-order valence-electron chi connectivity index (χ3n) is 4.32. The minimum absolute atomic E-state index is 0.00330. The standard InChI is InChI=1S/C16H19F3N6O2/c1-2-25-12(3-4-21-25)6-20-15(27)11-5-14(26)24(8-11)13-7-22-23(9-13)10-16(17,18)19/h3-4,7,9,11H,2,5-6,8,10H2,1H3,(H,20,27). The Morgan fingerprint density at radius 1 is 1.37 bits per heavy atom. The fourth-order valence-electron chi connectivity index (χ4n) is 3.01. The van der Waals surface area contributed by atoms with E-state index < -0.39 is 18.6 Å². The highest BCUT2D eigenvalue weighted by molar-refractivity contribution is 6.00. The van der Waals surface area contributed by atoms with Crippen molar-refractivity contribution in [3.63, 3.8) is 0 Å². The van der Waals surface area contributed by atoms with Gasteiger partial charge in [0.15, 0.2) is 0 Å². The number of carbonyl (C=O) groups excluding carboxylic acids is 2. The van der Waals surface area contributed by atoms with E-state index in [1.54, 1.807) is 16.9 Å². The molecule has 27 heavy (non-hydrogen) atoms. The van der Waals surface area contributed by atoms with E-state index in [1.807, 2.05) is 6.92 Å². The maximum Gasteiger partial charge on any atom is 0.408 e. The maximum atomic E-state index is 12.4. The second-order valence-electron chi connectivity index (χ2n) is 6.27. The fraction of sp³-hybridized carbons (Fsp3) is 0.500. The summed E-state index contributed by atoms with van der Waals surface area (Å²) in [5.41, 5.74) is 1.10. The first-order valence-corrected chi connectivity index (χ1v) is 8.45. The van der Waals surface area contributed by atoms with Crippen LogP contribution in [0.1, 0.15) is 19.0 Å². The topological polar surface area (TPSA) is 85.1 Å². The molecule has 2 amide bonds. The second-order valence-corrected chi connectivity index (χ2v) is 6.27. The highest BCUT2D eigenvalue weighted by Crippen LogP contribution is 2.26. The van der Waals surface area contributed by atoms with Crippen LogP contribution < -0.4 is 10.2 Å². The van der Waals surface area contributed by atoms with Crippen LogP contribution in [0.15, 0.2) is 24.7 Å². The molecular weight excluding hydrogens is 365 g/mol. The summed E-state index contributed by atoms with van der Waals surface area (Å²) in [5, 5.41) is 10.5. The van der Waals surface area contributed by atoms with Crippen LogP contribution in [0.25, 0.3) is 0 Å². The van der Waals surface area contributed by atoms with Crippen LogP contribution in [0, 0.1) is 5.92 Å². The molecule has 1 saturated heterocycles. The monoisotopic (exact) mass is 384 g/mol. The van der Waals surface area contributed by atoms with Gasteiger partial charge < -0.3 is 10.2 Å². The van der Waals surface area contributed by atoms with Crippen molar-refractivity contribution in [2.45, 2.75) is 39.2 Å². The van der Waals surface area contributed by atoms with Gasteiger partial charge in [-0.3, -0.25) is 19.0 Å². The quantitative estimate of drug-likeness (QED) is 0.814. The Labute approximate surface area is 152 Å². The lowest BCUT2D eigenvalue weighted by Gasteiger charge is -2.14. The average Bonchev–Trinajstić information content (AvgIpc) is 3.30. The zero-order valence-electron chi connectivity index (χ0n) is 14.6. The van der Waals surface area contributed by atoms with Crippen LogP contribution in [-0.2, 0) is 29.2 Å². The number of carbonyl (C=O) groups is 2. The van der Waals surface area contributed by atoms with Gasteiger partial charge in [0, 0.05) is 31.9 Å². The van der Waals surface area contributed by atoms with Crippen molar-refractivity contribution in [1.82, 2.24) is 24.9 Å². The molecule has 0 bridgehead atoms. The molecule has 11 heteroatoms. The van der Waals surface area contributed by atoms with E-state index in [0.29, 0.717) is 13.1 Å². The van der Waals surface area contributed by atoms with Gasteiger partial charge in [0.05, 0.1) is 30.0 Å². The third kappa shape index (κ3) is 4.47. The summed E-state index contributed by atoms with van der Waals surface area (Å²) < 4.78 is 39.8. The normalized spacial score (nSPS) is 17.6. The molecular formula is C16H19F3N6O2. The highest BCUT2D eigenvalue weighted by Gasteiger charge is 2.36. The van der Waals surface area contributed by atoms with E-state index in [9.17, 15) is 22.8 Å². The van der Waals surface area contributed by atoms with Crippen LogP contribution in [0.4, 0.5) is 18.9 Å². The minimum atomic E-state index is -4.40. The van der Waals surface area contributed by atoms with Crippen molar-refractivity contribution < 1.29 is 22.8 Å². The van der Waals surface area contributed by atoms with E-state index in [2.05, 4.69) is 15.5 Å². The number of hydrogen-bond acceptors (Lipinski definition) is 4. The smallest absolute Gasteiger partial charge is 0.350 e. The molecule has 1 fully saturated rings. The molecule has 0 radical (unpaired) electrons. The number of amides is 2. The van der Waals surface area contributed by atoms with Gasteiger partial charge in [-0.1, -0.05) is 0 Å². The first-order chi connectivity index (χ1) is 12.8. The summed E-state index contributed by atoms with van der Waals surface area (Å²) in [5.74, 6) is -1.17. The van der Waals surface area contributed by atoms with Gasteiger partial charge in [0.1, 0.15) is 6.54 Å². The van der Waals surface area contributed by atoms with Crippen LogP contribution in [0.2, 0.25) is 0 Å². The molecule has 1 N–H and O–H groups in total. The summed E-state index contributed by atoms with van der Waals surface area (Å²) in [7, 11) is 0. The number of anilines is 1. The van der Waals surface area contributed by atoms with E-state index in [0.717, 1.165) is 16.6 Å². The third-order valence-corrected chi connectivity index (χ3v) is 4.32. The van der Waals surface area contributed by atoms with Gasteiger partial charge in [-0.2, -0.15) is 23.4 Å². The molecule has 0 saturated carbocycles. The Bertz CT molecular complexity index is 828. The number of rotatable bonds is 6. The zero-order valence-corrected chi connectivity index (χ0v) is 14.6. The number of hydrogen-bond donors (Lipinski definition) is 1. The molecule has 1 unspecified atom stereocenters. The van der Waals surface area contributed by atoms with Crippen molar-refractivity contribution in [3.05, 3.63) is 30.4 Å². The average molecular weight is 384 g/mol. The molecule has 0 aliphatic carbocycles. The first-order valence-electron chi connectivity index (χ1n) is 8.45. The van der Waals surface area contributed by atoms with Crippen LogP contribution in [-0.4, -0.2) is 44.1 Å². The summed E-state index contributed by atoms with van der Waals surface area (Å²) in [4.78, 5) is 25.8. The predicted molar refractivity (Wildman–Crippen MR) is 88.5 cm³/mol.